The van der Waals surface area contributed by atoms with Crippen molar-refractivity contribution in [2.45, 2.75) is 24.5 Å². The zero-order valence-electron chi connectivity index (χ0n) is 20.0. The van der Waals surface area contributed by atoms with E-state index in [1.165, 1.54) is 0 Å². The number of H-pyrrole nitrogens is 1. The summed E-state index contributed by atoms with van der Waals surface area (Å²) >= 11 is 0. The van der Waals surface area contributed by atoms with E-state index < -0.39 is 6.10 Å². The third kappa shape index (κ3) is 3.76. The van der Waals surface area contributed by atoms with Crippen LogP contribution in [0.1, 0.15) is 17.0 Å². The van der Waals surface area contributed by atoms with Crippen LogP contribution in [0.3, 0.4) is 0 Å². The molecular formula is C29H25N3O5. The fraction of sp³-hybridized carbons (Fsp3) is 0.241. The zero-order valence-corrected chi connectivity index (χ0v) is 20.0. The molecule has 1 aromatic heterocycles. The summed E-state index contributed by atoms with van der Waals surface area (Å²) in [5.41, 5.74) is 3.63. The number of para-hydroxylation sites is 3. The Morgan fingerprint density at radius 1 is 0.919 bits per heavy atom. The number of fused-ring (bicyclic) bond motifs is 5. The summed E-state index contributed by atoms with van der Waals surface area (Å²) in [7, 11) is 0. The first-order chi connectivity index (χ1) is 18.1. The highest BCUT2D eigenvalue weighted by Gasteiger charge is 2.45. The van der Waals surface area contributed by atoms with Gasteiger partial charge in [0.2, 0.25) is 12.0 Å². The van der Waals surface area contributed by atoms with Crippen molar-refractivity contribution in [2.75, 3.05) is 25.0 Å². The summed E-state index contributed by atoms with van der Waals surface area (Å²) in [4.78, 5) is 31.4. The maximum atomic E-state index is 13.2. The molecule has 0 bridgehead atoms. The van der Waals surface area contributed by atoms with E-state index in [0.29, 0.717) is 36.7 Å². The minimum absolute atomic E-state index is 0.0114. The van der Waals surface area contributed by atoms with E-state index in [9.17, 15) is 9.59 Å². The number of hydrogen-bond donors (Lipinski definition) is 2. The Kier molecular flexibility index (Phi) is 5.06. The van der Waals surface area contributed by atoms with Crippen LogP contribution in [-0.4, -0.2) is 53.6 Å². The Balaban J connectivity index is 1.07. The van der Waals surface area contributed by atoms with Crippen LogP contribution in [0.25, 0.3) is 10.9 Å². The third-order valence-corrected chi connectivity index (χ3v) is 7.41. The first-order valence-corrected chi connectivity index (χ1v) is 12.5. The molecule has 37 heavy (non-hydrogen) atoms. The summed E-state index contributed by atoms with van der Waals surface area (Å²) in [6.07, 6.45) is 1.34. The number of anilines is 1. The predicted molar refractivity (Wildman–Crippen MR) is 137 cm³/mol. The fourth-order valence-corrected chi connectivity index (χ4v) is 5.59. The Labute approximate surface area is 213 Å². The Bertz CT molecular complexity index is 1530. The van der Waals surface area contributed by atoms with Gasteiger partial charge in [-0.15, -0.1) is 0 Å². The van der Waals surface area contributed by atoms with Crippen LogP contribution in [0.4, 0.5) is 5.69 Å². The molecule has 4 aromatic rings. The molecule has 3 aliphatic rings. The minimum atomic E-state index is -0.762. The molecule has 0 spiro atoms. The SMILES string of the molecule is O=C(Nc1cccc2c1C1CN(C(=O)Cc3c[nH]c4ccccc34)CC1O2)C1COc2ccccc2O1. The quantitative estimate of drug-likeness (QED) is 0.448. The maximum absolute atomic E-state index is 13.2. The molecule has 2 N–H and O–H groups in total. The van der Waals surface area contributed by atoms with E-state index in [0.717, 1.165) is 27.8 Å². The van der Waals surface area contributed by atoms with Gasteiger partial charge >= 0.3 is 0 Å². The number of likely N-dealkylation sites (tertiary alicyclic amines) is 1. The summed E-state index contributed by atoms with van der Waals surface area (Å²) in [6, 6.07) is 21.0. The Morgan fingerprint density at radius 2 is 1.73 bits per heavy atom. The van der Waals surface area contributed by atoms with Gasteiger partial charge in [0, 0.05) is 40.8 Å². The largest absolute Gasteiger partial charge is 0.487 e. The molecule has 7 rings (SSSR count). The van der Waals surface area contributed by atoms with Gasteiger partial charge in [-0.1, -0.05) is 36.4 Å². The molecule has 3 aromatic carbocycles. The lowest BCUT2D eigenvalue weighted by molar-refractivity contribution is -0.129. The molecule has 0 radical (unpaired) electrons. The average Bonchev–Trinajstić information content (AvgIpc) is 3.62. The number of carbonyl (C=O) groups is 2. The second-order valence-electron chi connectivity index (χ2n) is 9.67. The van der Waals surface area contributed by atoms with Gasteiger partial charge in [0.15, 0.2) is 11.5 Å². The number of amides is 2. The first kappa shape index (κ1) is 21.8. The number of carbonyl (C=O) groups excluding carboxylic acids is 2. The molecule has 4 heterocycles. The normalized spacial score (nSPS) is 21.3. The van der Waals surface area contributed by atoms with Gasteiger partial charge in [-0.3, -0.25) is 9.59 Å². The minimum Gasteiger partial charge on any atom is -0.487 e. The molecule has 8 nitrogen and oxygen atoms in total. The van der Waals surface area contributed by atoms with E-state index in [1.54, 1.807) is 6.07 Å². The van der Waals surface area contributed by atoms with Crippen LogP contribution in [0.2, 0.25) is 0 Å². The number of nitrogens with zero attached hydrogens (tertiary/aromatic N) is 1. The number of benzene rings is 3. The van der Waals surface area contributed by atoms with Gasteiger partial charge in [-0.25, -0.2) is 0 Å². The molecule has 0 saturated carbocycles. The summed E-state index contributed by atoms with van der Waals surface area (Å²) < 4.78 is 17.8. The molecule has 1 fully saturated rings. The van der Waals surface area contributed by atoms with E-state index in [2.05, 4.69) is 10.3 Å². The van der Waals surface area contributed by atoms with E-state index >= 15 is 0 Å². The van der Waals surface area contributed by atoms with Crippen molar-refractivity contribution in [1.29, 1.82) is 0 Å². The van der Waals surface area contributed by atoms with E-state index in [4.69, 9.17) is 14.2 Å². The maximum Gasteiger partial charge on any atom is 0.269 e. The van der Waals surface area contributed by atoms with Gasteiger partial charge in [0.25, 0.3) is 5.91 Å². The average molecular weight is 496 g/mol. The number of nitrogens with one attached hydrogen (secondary N) is 2. The molecule has 3 atom stereocenters. The van der Waals surface area contributed by atoms with E-state index in [-0.39, 0.29) is 30.4 Å². The van der Waals surface area contributed by atoms with Gasteiger partial charge < -0.3 is 29.4 Å². The van der Waals surface area contributed by atoms with Crippen LogP contribution in [0.15, 0.2) is 72.9 Å². The number of aromatic nitrogens is 1. The molecule has 3 aliphatic heterocycles. The Morgan fingerprint density at radius 3 is 2.65 bits per heavy atom. The second kappa shape index (κ2) is 8.58. The molecule has 8 heteroatoms. The molecule has 3 unspecified atom stereocenters. The van der Waals surface area contributed by atoms with Crippen LogP contribution in [0, 0.1) is 0 Å². The predicted octanol–water partition coefficient (Wildman–Crippen LogP) is 3.88. The Hall–Kier alpha value is -4.46. The smallest absolute Gasteiger partial charge is 0.269 e. The highest BCUT2D eigenvalue weighted by Crippen LogP contribution is 2.46. The van der Waals surface area contributed by atoms with Gasteiger partial charge in [-0.05, 0) is 35.9 Å². The van der Waals surface area contributed by atoms with Crippen LogP contribution in [0.5, 0.6) is 17.2 Å². The van der Waals surface area contributed by atoms with Gasteiger partial charge in [0.1, 0.15) is 18.5 Å². The number of hydrogen-bond acceptors (Lipinski definition) is 5. The number of aromatic amines is 1. The second-order valence-corrected chi connectivity index (χ2v) is 9.67. The summed E-state index contributed by atoms with van der Waals surface area (Å²) in [6.45, 7) is 1.20. The van der Waals surface area contributed by atoms with Gasteiger partial charge in [-0.2, -0.15) is 0 Å². The lowest BCUT2D eigenvalue weighted by atomic mass is 9.96. The standard InChI is InChI=1S/C29H25N3O5/c33-27(12-17-13-30-20-7-2-1-6-18(17)20)32-14-19-25(15-32)37-24-11-5-8-21(28(19)24)31-29(34)26-16-35-22-9-3-4-10-23(22)36-26/h1-11,13,19,25-26,30H,12,14-16H2,(H,31,34). The first-order valence-electron chi connectivity index (χ1n) is 12.5. The third-order valence-electron chi connectivity index (χ3n) is 7.41. The highest BCUT2D eigenvalue weighted by molar-refractivity contribution is 5.96. The fourth-order valence-electron chi connectivity index (χ4n) is 5.59. The molecule has 186 valence electrons. The van der Waals surface area contributed by atoms with Crippen molar-refractivity contribution in [2.24, 2.45) is 0 Å². The van der Waals surface area contributed by atoms with Crippen LogP contribution >= 0.6 is 0 Å². The van der Waals surface area contributed by atoms with Crippen molar-refractivity contribution in [1.82, 2.24) is 9.88 Å². The lowest BCUT2D eigenvalue weighted by Crippen LogP contribution is -2.40. The molecule has 2 amide bonds. The van der Waals surface area contributed by atoms with Crippen molar-refractivity contribution >= 4 is 28.4 Å². The highest BCUT2D eigenvalue weighted by atomic mass is 16.6. The topological polar surface area (TPSA) is 92.9 Å². The van der Waals surface area contributed by atoms with Crippen LogP contribution < -0.4 is 19.5 Å². The molecule has 1 saturated heterocycles. The van der Waals surface area contributed by atoms with Crippen molar-refractivity contribution in [3.8, 4) is 17.2 Å². The van der Waals surface area contributed by atoms with Crippen molar-refractivity contribution in [3.63, 3.8) is 0 Å². The van der Waals surface area contributed by atoms with Gasteiger partial charge in [0.05, 0.1) is 13.0 Å². The zero-order chi connectivity index (χ0) is 24.9. The van der Waals surface area contributed by atoms with Crippen molar-refractivity contribution in [3.05, 3.63) is 84.1 Å². The summed E-state index contributed by atoms with van der Waals surface area (Å²) in [5, 5.41) is 4.09. The number of rotatable bonds is 4. The monoisotopic (exact) mass is 495 g/mol. The van der Waals surface area contributed by atoms with Crippen molar-refractivity contribution < 1.29 is 23.8 Å². The molecular weight excluding hydrogens is 470 g/mol. The lowest BCUT2D eigenvalue weighted by Gasteiger charge is -2.26. The van der Waals surface area contributed by atoms with E-state index in [1.807, 2.05) is 71.8 Å². The van der Waals surface area contributed by atoms with Crippen LogP contribution in [-0.2, 0) is 16.0 Å². The summed E-state index contributed by atoms with van der Waals surface area (Å²) in [5.74, 6) is 1.71. The number of ether oxygens (including phenoxy) is 3. The molecule has 0 aliphatic carbocycles.